The van der Waals surface area contributed by atoms with Crippen molar-refractivity contribution in [1.82, 2.24) is 14.5 Å². The molecule has 5 nitrogen and oxygen atoms in total. The van der Waals surface area contributed by atoms with Crippen molar-refractivity contribution in [3.05, 3.63) is 82.9 Å². The number of hydrogen-bond donors (Lipinski definition) is 1. The molecule has 3 rings (SSSR count). The van der Waals surface area contributed by atoms with Crippen LogP contribution in [0.4, 0.5) is 4.39 Å². The number of sulfonamides is 1. The first-order valence-corrected chi connectivity index (χ1v) is 9.67. The Hall–Kier alpha value is -2.51. The maximum absolute atomic E-state index is 13.3. The highest BCUT2D eigenvalue weighted by Crippen LogP contribution is 2.17. The minimum atomic E-state index is -3.79. The van der Waals surface area contributed by atoms with E-state index in [2.05, 4.69) is 9.82 Å². The van der Waals surface area contributed by atoms with Gasteiger partial charge in [0.2, 0.25) is 10.0 Å². The standard InChI is InChI=1S/C19H20FN3O2S/c1-14-19(12-21-26(24,25)18-10-6-9-17(20)11-18)15(2)23(22-14)13-16-7-4-3-5-8-16/h3-11,21H,12-13H2,1-2H3. The van der Waals surface area contributed by atoms with Crippen molar-refractivity contribution in [2.24, 2.45) is 0 Å². The fourth-order valence-corrected chi connectivity index (χ4v) is 3.81. The fraction of sp³-hybridized carbons (Fsp3) is 0.211. The molecule has 0 aliphatic heterocycles. The maximum atomic E-state index is 13.3. The number of benzene rings is 2. The van der Waals surface area contributed by atoms with Crippen LogP contribution in [-0.4, -0.2) is 18.2 Å². The molecule has 0 atom stereocenters. The maximum Gasteiger partial charge on any atom is 0.240 e. The second-order valence-corrected chi connectivity index (χ2v) is 7.84. The molecule has 1 aromatic heterocycles. The predicted molar refractivity (Wildman–Crippen MR) is 97.7 cm³/mol. The topological polar surface area (TPSA) is 64.0 Å². The van der Waals surface area contributed by atoms with Crippen LogP contribution in [0.2, 0.25) is 0 Å². The molecule has 2 aromatic carbocycles. The number of halogens is 1. The summed E-state index contributed by atoms with van der Waals surface area (Å²) in [7, 11) is -3.79. The Labute approximate surface area is 152 Å². The average Bonchev–Trinajstić information content (AvgIpc) is 2.87. The second-order valence-electron chi connectivity index (χ2n) is 6.07. The summed E-state index contributed by atoms with van der Waals surface area (Å²) in [4.78, 5) is -0.0931. The van der Waals surface area contributed by atoms with Gasteiger partial charge in [-0.3, -0.25) is 4.68 Å². The van der Waals surface area contributed by atoms with Gasteiger partial charge < -0.3 is 0 Å². The summed E-state index contributed by atoms with van der Waals surface area (Å²) in [6.07, 6.45) is 0. The molecule has 0 aliphatic carbocycles. The zero-order valence-electron chi connectivity index (χ0n) is 14.6. The van der Waals surface area contributed by atoms with Crippen molar-refractivity contribution in [2.75, 3.05) is 0 Å². The van der Waals surface area contributed by atoms with Gasteiger partial charge in [-0.05, 0) is 37.6 Å². The molecule has 7 heteroatoms. The lowest BCUT2D eigenvalue weighted by atomic mass is 10.2. The molecule has 0 saturated carbocycles. The van der Waals surface area contributed by atoms with Crippen LogP contribution >= 0.6 is 0 Å². The lowest BCUT2D eigenvalue weighted by Gasteiger charge is -2.08. The third-order valence-corrected chi connectivity index (χ3v) is 5.65. The van der Waals surface area contributed by atoms with Crippen molar-refractivity contribution in [2.45, 2.75) is 31.8 Å². The Morgan fingerprint density at radius 2 is 1.81 bits per heavy atom. The number of hydrogen-bond acceptors (Lipinski definition) is 3. The van der Waals surface area contributed by atoms with E-state index in [1.807, 2.05) is 48.9 Å². The van der Waals surface area contributed by atoms with Gasteiger partial charge in [0, 0.05) is 17.8 Å². The van der Waals surface area contributed by atoms with E-state index in [1.54, 1.807) is 0 Å². The zero-order chi connectivity index (χ0) is 18.7. The number of nitrogens with one attached hydrogen (secondary N) is 1. The average molecular weight is 373 g/mol. The predicted octanol–water partition coefficient (Wildman–Crippen LogP) is 3.17. The lowest BCUT2D eigenvalue weighted by Crippen LogP contribution is -2.24. The Balaban J connectivity index is 1.78. The van der Waals surface area contributed by atoms with Crippen molar-refractivity contribution < 1.29 is 12.8 Å². The van der Waals surface area contributed by atoms with Gasteiger partial charge in [0.05, 0.1) is 17.1 Å². The van der Waals surface area contributed by atoms with Gasteiger partial charge in [0.15, 0.2) is 0 Å². The van der Waals surface area contributed by atoms with E-state index in [4.69, 9.17) is 0 Å². The zero-order valence-corrected chi connectivity index (χ0v) is 15.4. The molecule has 0 radical (unpaired) electrons. The van der Waals surface area contributed by atoms with E-state index in [0.717, 1.165) is 28.6 Å². The van der Waals surface area contributed by atoms with E-state index in [9.17, 15) is 12.8 Å². The van der Waals surface area contributed by atoms with E-state index < -0.39 is 15.8 Å². The van der Waals surface area contributed by atoms with Gasteiger partial charge in [0.1, 0.15) is 5.82 Å². The monoisotopic (exact) mass is 373 g/mol. The van der Waals surface area contributed by atoms with Crippen LogP contribution in [0, 0.1) is 19.7 Å². The first-order chi connectivity index (χ1) is 12.4. The highest BCUT2D eigenvalue weighted by molar-refractivity contribution is 7.89. The molecule has 0 fully saturated rings. The number of aromatic nitrogens is 2. The smallest absolute Gasteiger partial charge is 0.240 e. The summed E-state index contributed by atoms with van der Waals surface area (Å²) in [6, 6.07) is 14.9. The molecule has 26 heavy (non-hydrogen) atoms. The van der Waals surface area contributed by atoms with Crippen molar-refractivity contribution in [3.63, 3.8) is 0 Å². The first-order valence-electron chi connectivity index (χ1n) is 8.19. The lowest BCUT2D eigenvalue weighted by molar-refractivity contribution is 0.577. The van der Waals surface area contributed by atoms with Crippen LogP contribution in [0.3, 0.4) is 0 Å². The van der Waals surface area contributed by atoms with E-state index in [1.165, 1.54) is 18.2 Å². The van der Waals surface area contributed by atoms with Crippen molar-refractivity contribution in [1.29, 1.82) is 0 Å². The number of nitrogens with zero attached hydrogens (tertiary/aromatic N) is 2. The molecule has 3 aromatic rings. The number of rotatable bonds is 6. The molecule has 0 saturated heterocycles. The molecular weight excluding hydrogens is 353 g/mol. The van der Waals surface area contributed by atoms with Crippen LogP contribution in [0.5, 0.6) is 0 Å². The Bertz CT molecular complexity index is 1010. The highest BCUT2D eigenvalue weighted by Gasteiger charge is 2.18. The molecule has 0 bridgehead atoms. The third-order valence-electron chi connectivity index (χ3n) is 4.25. The number of aryl methyl sites for hydroxylation is 1. The van der Waals surface area contributed by atoms with Gasteiger partial charge >= 0.3 is 0 Å². The van der Waals surface area contributed by atoms with E-state index >= 15 is 0 Å². The Morgan fingerprint density at radius 1 is 1.08 bits per heavy atom. The summed E-state index contributed by atoms with van der Waals surface area (Å²) in [5.41, 5.74) is 3.60. The molecular formula is C19H20FN3O2S. The molecule has 0 amide bonds. The second kappa shape index (κ2) is 7.39. The minimum Gasteiger partial charge on any atom is -0.265 e. The molecule has 0 aliphatic rings. The van der Waals surface area contributed by atoms with Crippen LogP contribution < -0.4 is 4.72 Å². The third kappa shape index (κ3) is 4.00. The molecule has 1 N–H and O–H groups in total. The summed E-state index contributed by atoms with van der Waals surface area (Å²) < 4.78 is 42.4. The van der Waals surface area contributed by atoms with Crippen molar-refractivity contribution >= 4 is 10.0 Å². The quantitative estimate of drug-likeness (QED) is 0.722. The van der Waals surface area contributed by atoms with Crippen molar-refractivity contribution in [3.8, 4) is 0 Å². The molecule has 136 valence electrons. The summed E-state index contributed by atoms with van der Waals surface area (Å²) >= 11 is 0. The normalized spacial score (nSPS) is 11.7. The molecule has 0 unspecified atom stereocenters. The fourth-order valence-electron chi connectivity index (χ4n) is 2.78. The Kier molecular flexibility index (Phi) is 5.20. The highest BCUT2D eigenvalue weighted by atomic mass is 32.2. The van der Waals surface area contributed by atoms with Gasteiger partial charge in [0.25, 0.3) is 0 Å². The van der Waals surface area contributed by atoms with Gasteiger partial charge in [-0.2, -0.15) is 5.10 Å². The largest absolute Gasteiger partial charge is 0.265 e. The molecule has 1 heterocycles. The summed E-state index contributed by atoms with van der Waals surface area (Å²) in [5.74, 6) is -0.587. The van der Waals surface area contributed by atoms with Crippen LogP contribution in [0.15, 0.2) is 59.5 Å². The van der Waals surface area contributed by atoms with Gasteiger partial charge in [-0.25, -0.2) is 17.5 Å². The van der Waals surface area contributed by atoms with E-state index in [-0.39, 0.29) is 11.4 Å². The Morgan fingerprint density at radius 3 is 2.50 bits per heavy atom. The SMILES string of the molecule is Cc1nn(Cc2ccccc2)c(C)c1CNS(=O)(=O)c1cccc(F)c1. The van der Waals surface area contributed by atoms with Crippen LogP contribution in [-0.2, 0) is 23.1 Å². The summed E-state index contributed by atoms with van der Waals surface area (Å²) in [6.45, 7) is 4.48. The first kappa shape index (κ1) is 18.3. The van der Waals surface area contributed by atoms with Gasteiger partial charge in [-0.1, -0.05) is 36.4 Å². The molecule has 0 spiro atoms. The van der Waals surface area contributed by atoms with Crippen LogP contribution in [0.1, 0.15) is 22.5 Å². The summed E-state index contributed by atoms with van der Waals surface area (Å²) in [5, 5.41) is 4.51. The van der Waals surface area contributed by atoms with Gasteiger partial charge in [-0.15, -0.1) is 0 Å². The van der Waals surface area contributed by atoms with Crippen LogP contribution in [0.25, 0.3) is 0 Å². The minimum absolute atomic E-state index is 0.0931. The van der Waals surface area contributed by atoms with E-state index in [0.29, 0.717) is 6.54 Å².